The van der Waals surface area contributed by atoms with Crippen LogP contribution in [-0.2, 0) is 12.2 Å². The number of rotatable bonds is 6. The predicted octanol–water partition coefficient (Wildman–Crippen LogP) is 6.63. The highest BCUT2D eigenvalue weighted by Gasteiger charge is 2.17. The molecule has 0 spiro atoms. The summed E-state index contributed by atoms with van der Waals surface area (Å²) in [5, 5.41) is 21.7. The Hall–Kier alpha value is -3.63. The first-order valence-corrected chi connectivity index (χ1v) is 11.0. The molecule has 0 radical (unpaired) electrons. The Morgan fingerprint density at radius 1 is 0.909 bits per heavy atom. The maximum Gasteiger partial charge on any atom is 0.335 e. The molecule has 0 atom stereocenters. The summed E-state index contributed by atoms with van der Waals surface area (Å²) in [6.07, 6.45) is 0. The van der Waals surface area contributed by atoms with E-state index in [9.17, 15) is 15.0 Å². The molecule has 4 aromatic rings. The van der Waals surface area contributed by atoms with Gasteiger partial charge >= 0.3 is 5.97 Å². The Morgan fingerprint density at radius 3 is 2.18 bits per heavy atom. The van der Waals surface area contributed by atoms with Crippen molar-refractivity contribution in [3.05, 3.63) is 101 Å². The van der Waals surface area contributed by atoms with Gasteiger partial charge in [-0.05, 0) is 96.1 Å². The molecule has 0 fully saturated rings. The van der Waals surface area contributed by atoms with E-state index in [2.05, 4.69) is 26.0 Å². The zero-order valence-corrected chi connectivity index (χ0v) is 19.3. The Labute approximate surface area is 194 Å². The fourth-order valence-corrected chi connectivity index (χ4v) is 4.09. The number of fused-ring (bicyclic) bond motifs is 1. The Kier molecular flexibility index (Phi) is 5.96. The summed E-state index contributed by atoms with van der Waals surface area (Å²) in [7, 11) is 0. The molecule has 33 heavy (non-hydrogen) atoms. The summed E-state index contributed by atoms with van der Waals surface area (Å²) in [5.41, 5.74) is 5.31. The average molecular weight is 441 g/mol. The molecule has 0 unspecified atom stereocenters. The number of aliphatic hydroxyl groups is 1. The fourth-order valence-electron chi connectivity index (χ4n) is 4.09. The van der Waals surface area contributed by atoms with Crippen molar-refractivity contribution in [1.82, 2.24) is 0 Å². The smallest absolute Gasteiger partial charge is 0.335 e. The lowest BCUT2D eigenvalue weighted by Crippen LogP contribution is -2.14. The third kappa shape index (κ3) is 4.76. The van der Waals surface area contributed by atoms with Crippen LogP contribution in [0.1, 0.15) is 46.5 Å². The maximum absolute atomic E-state index is 11.8. The zero-order chi connectivity index (χ0) is 23.8. The number of aryl methyl sites for hydroxylation is 2. The predicted molar refractivity (Wildman–Crippen MR) is 132 cm³/mol. The third-order valence-corrected chi connectivity index (χ3v) is 6.10. The Morgan fingerprint density at radius 2 is 1.58 bits per heavy atom. The van der Waals surface area contributed by atoms with Crippen molar-refractivity contribution in [3.8, 4) is 16.9 Å². The highest BCUT2D eigenvalue weighted by Crippen LogP contribution is 2.34. The van der Waals surface area contributed by atoms with Gasteiger partial charge in [-0.25, -0.2) is 4.79 Å². The lowest BCUT2D eigenvalue weighted by Gasteiger charge is -2.18. The van der Waals surface area contributed by atoms with Crippen molar-refractivity contribution in [2.24, 2.45) is 0 Å². The third-order valence-electron chi connectivity index (χ3n) is 6.10. The van der Waals surface area contributed by atoms with Gasteiger partial charge in [0.1, 0.15) is 12.4 Å². The van der Waals surface area contributed by atoms with Crippen LogP contribution in [0.25, 0.3) is 21.9 Å². The normalized spacial score (nSPS) is 11.5. The molecule has 0 aliphatic rings. The summed E-state index contributed by atoms with van der Waals surface area (Å²) in [6.45, 7) is 8.07. The van der Waals surface area contributed by atoms with E-state index in [4.69, 9.17) is 4.74 Å². The van der Waals surface area contributed by atoms with Crippen LogP contribution in [0.15, 0.2) is 72.8 Å². The van der Waals surface area contributed by atoms with Crippen molar-refractivity contribution in [2.75, 3.05) is 0 Å². The molecule has 0 saturated carbocycles. The zero-order valence-electron chi connectivity index (χ0n) is 19.3. The van der Waals surface area contributed by atoms with Crippen molar-refractivity contribution < 1.29 is 19.7 Å². The Bertz CT molecular complexity index is 1310. The molecule has 0 saturated heterocycles. The molecule has 0 aliphatic heterocycles. The molecule has 2 N–H and O–H groups in total. The van der Waals surface area contributed by atoms with Crippen LogP contribution in [-0.4, -0.2) is 16.2 Å². The second-order valence-corrected chi connectivity index (χ2v) is 9.01. The molecular weight excluding hydrogens is 412 g/mol. The van der Waals surface area contributed by atoms with Crippen molar-refractivity contribution in [2.45, 2.75) is 39.9 Å². The second kappa shape index (κ2) is 8.72. The van der Waals surface area contributed by atoms with Crippen LogP contribution in [0.4, 0.5) is 0 Å². The Balaban J connectivity index is 1.73. The quantitative estimate of drug-likeness (QED) is 0.353. The number of carboxylic acid groups (broad SMARTS) is 1. The van der Waals surface area contributed by atoms with E-state index in [0.717, 1.165) is 33.0 Å². The minimum atomic E-state index is -0.979. The number of aromatic carboxylic acids is 1. The van der Waals surface area contributed by atoms with Crippen LogP contribution < -0.4 is 4.74 Å². The molecule has 0 aromatic heterocycles. The van der Waals surface area contributed by atoms with E-state index in [1.54, 1.807) is 26.0 Å². The number of hydrogen-bond donors (Lipinski definition) is 2. The first-order valence-electron chi connectivity index (χ1n) is 11.0. The van der Waals surface area contributed by atoms with Gasteiger partial charge in [-0.1, -0.05) is 48.5 Å². The van der Waals surface area contributed by atoms with Crippen LogP contribution in [0.3, 0.4) is 0 Å². The van der Waals surface area contributed by atoms with Gasteiger partial charge in [0, 0.05) is 0 Å². The molecule has 4 heteroatoms. The summed E-state index contributed by atoms with van der Waals surface area (Å²) in [6, 6.07) is 22.9. The lowest BCUT2D eigenvalue weighted by atomic mass is 9.92. The second-order valence-electron chi connectivity index (χ2n) is 9.01. The standard InChI is InChI=1S/C29H28O4/c1-18-6-5-7-19(2)27(18)17-33-24-12-13-25-21(15-24)14-22(28(30)31)16-26(25)20-8-10-23(11-9-20)29(3,4)32/h5-16,32H,17H2,1-4H3,(H,30,31). The molecule has 168 valence electrons. The number of ether oxygens (including phenoxy) is 1. The number of carbonyl (C=O) groups is 1. The number of hydrogen-bond acceptors (Lipinski definition) is 3. The van der Waals surface area contributed by atoms with Gasteiger partial charge in [-0.2, -0.15) is 0 Å². The maximum atomic E-state index is 11.8. The first kappa shape index (κ1) is 22.6. The van der Waals surface area contributed by atoms with Crippen molar-refractivity contribution in [1.29, 1.82) is 0 Å². The summed E-state index contributed by atoms with van der Waals surface area (Å²) in [5.74, 6) is -0.288. The van der Waals surface area contributed by atoms with Gasteiger partial charge < -0.3 is 14.9 Å². The fraction of sp³-hybridized carbons (Fsp3) is 0.207. The topological polar surface area (TPSA) is 66.8 Å². The van der Waals surface area contributed by atoms with Crippen LogP contribution in [0.5, 0.6) is 5.75 Å². The number of benzene rings is 4. The van der Waals surface area contributed by atoms with E-state index in [-0.39, 0.29) is 5.56 Å². The highest BCUT2D eigenvalue weighted by molar-refractivity contribution is 6.03. The van der Waals surface area contributed by atoms with Crippen LogP contribution in [0, 0.1) is 13.8 Å². The van der Waals surface area contributed by atoms with Gasteiger partial charge in [0.05, 0.1) is 11.2 Å². The van der Waals surface area contributed by atoms with E-state index >= 15 is 0 Å². The first-order chi connectivity index (χ1) is 15.6. The molecule has 4 aromatic carbocycles. The van der Waals surface area contributed by atoms with E-state index in [0.29, 0.717) is 12.4 Å². The lowest BCUT2D eigenvalue weighted by molar-refractivity contribution is 0.0696. The van der Waals surface area contributed by atoms with Gasteiger partial charge in [0.25, 0.3) is 0 Å². The van der Waals surface area contributed by atoms with Crippen molar-refractivity contribution in [3.63, 3.8) is 0 Å². The summed E-state index contributed by atoms with van der Waals surface area (Å²) in [4.78, 5) is 11.8. The van der Waals surface area contributed by atoms with Gasteiger partial charge in [-0.15, -0.1) is 0 Å². The largest absolute Gasteiger partial charge is 0.489 e. The van der Waals surface area contributed by atoms with Gasteiger partial charge in [0.2, 0.25) is 0 Å². The molecule has 0 amide bonds. The molecular formula is C29H28O4. The molecule has 0 bridgehead atoms. The SMILES string of the molecule is Cc1cccc(C)c1COc1ccc2c(-c3ccc(C(C)(C)O)cc3)cc(C(=O)O)cc2c1. The molecule has 0 heterocycles. The minimum absolute atomic E-state index is 0.218. The highest BCUT2D eigenvalue weighted by atomic mass is 16.5. The average Bonchev–Trinajstić information content (AvgIpc) is 2.77. The van der Waals surface area contributed by atoms with E-state index in [1.165, 1.54) is 11.1 Å². The van der Waals surface area contributed by atoms with Crippen molar-refractivity contribution >= 4 is 16.7 Å². The van der Waals surface area contributed by atoms with Crippen LogP contribution >= 0.6 is 0 Å². The minimum Gasteiger partial charge on any atom is -0.489 e. The van der Waals surface area contributed by atoms with E-state index < -0.39 is 11.6 Å². The summed E-state index contributed by atoms with van der Waals surface area (Å²) < 4.78 is 6.09. The van der Waals surface area contributed by atoms with Gasteiger partial charge in [0.15, 0.2) is 0 Å². The molecule has 0 aliphatic carbocycles. The number of carboxylic acids is 1. The van der Waals surface area contributed by atoms with E-state index in [1.807, 2.05) is 48.5 Å². The van der Waals surface area contributed by atoms with Gasteiger partial charge in [-0.3, -0.25) is 0 Å². The summed E-state index contributed by atoms with van der Waals surface area (Å²) >= 11 is 0. The monoisotopic (exact) mass is 440 g/mol. The van der Waals surface area contributed by atoms with Crippen LogP contribution in [0.2, 0.25) is 0 Å². The molecule has 4 nitrogen and oxygen atoms in total. The molecule has 4 rings (SSSR count).